The molecule has 0 fully saturated rings. The van der Waals surface area contributed by atoms with Gasteiger partial charge in [0.15, 0.2) is 23.0 Å². The van der Waals surface area contributed by atoms with E-state index in [-0.39, 0.29) is 30.9 Å². The van der Waals surface area contributed by atoms with E-state index in [0.29, 0.717) is 12.3 Å². The lowest BCUT2D eigenvalue weighted by molar-refractivity contribution is 0.225. The van der Waals surface area contributed by atoms with Crippen LogP contribution < -0.4 is 24.7 Å². The fraction of sp³-hybridized carbons (Fsp3) is 0.455. The molecular formula is C22H30Cl2N2O4. The van der Waals surface area contributed by atoms with Crippen molar-refractivity contribution < 1.29 is 18.9 Å². The first kappa shape index (κ1) is 24.4. The molecule has 1 aliphatic heterocycles. The van der Waals surface area contributed by atoms with E-state index in [9.17, 15) is 0 Å². The van der Waals surface area contributed by atoms with Gasteiger partial charge >= 0.3 is 0 Å². The van der Waals surface area contributed by atoms with Crippen molar-refractivity contribution in [3.8, 4) is 34.1 Å². The van der Waals surface area contributed by atoms with Crippen LogP contribution in [0.5, 0.6) is 23.0 Å². The third kappa shape index (κ3) is 3.46. The molecule has 0 amide bonds. The Morgan fingerprint density at radius 3 is 2.17 bits per heavy atom. The molecule has 0 saturated carbocycles. The van der Waals surface area contributed by atoms with E-state index in [4.69, 9.17) is 24.7 Å². The van der Waals surface area contributed by atoms with Gasteiger partial charge in [0.2, 0.25) is 0 Å². The SMILES string of the molecule is COc1cc2c(cc1OC)-c1c(OC)c(OC)c(CN)c3c1[C@H](C2)N(C)CC3.Cl.Cl. The van der Waals surface area contributed by atoms with Crippen LogP contribution in [0.25, 0.3) is 11.1 Å². The van der Waals surface area contributed by atoms with Crippen molar-refractivity contribution >= 4 is 24.8 Å². The number of nitrogens with zero attached hydrogens (tertiary/aromatic N) is 1. The second-order valence-corrected chi connectivity index (χ2v) is 7.33. The van der Waals surface area contributed by atoms with E-state index >= 15 is 0 Å². The molecule has 0 spiro atoms. The third-order valence-electron chi connectivity index (χ3n) is 6.15. The molecule has 30 heavy (non-hydrogen) atoms. The number of halogens is 2. The van der Waals surface area contributed by atoms with E-state index in [0.717, 1.165) is 53.3 Å². The number of nitrogens with two attached hydrogens (primary N) is 1. The van der Waals surface area contributed by atoms with Crippen LogP contribution in [0, 0.1) is 0 Å². The fourth-order valence-electron chi connectivity index (χ4n) is 4.82. The molecule has 2 N–H and O–H groups in total. The summed E-state index contributed by atoms with van der Waals surface area (Å²) in [6.45, 7) is 1.42. The van der Waals surface area contributed by atoms with E-state index < -0.39 is 0 Å². The Bertz CT molecular complexity index is 936. The lowest BCUT2D eigenvalue weighted by Crippen LogP contribution is -2.36. The first-order chi connectivity index (χ1) is 13.6. The molecule has 0 bridgehead atoms. The Kier molecular flexibility index (Phi) is 7.74. The molecule has 8 heteroatoms. The molecule has 2 aromatic rings. The highest BCUT2D eigenvalue weighted by Gasteiger charge is 2.38. The summed E-state index contributed by atoms with van der Waals surface area (Å²) < 4.78 is 22.8. The molecule has 1 heterocycles. The average Bonchev–Trinajstić information content (AvgIpc) is 2.73. The first-order valence-corrected chi connectivity index (χ1v) is 9.54. The number of ether oxygens (including phenoxy) is 4. The zero-order valence-corrected chi connectivity index (χ0v) is 19.7. The minimum Gasteiger partial charge on any atom is -0.493 e. The number of benzene rings is 2. The molecule has 0 unspecified atom stereocenters. The Morgan fingerprint density at radius 1 is 0.967 bits per heavy atom. The van der Waals surface area contributed by atoms with Gasteiger partial charge in [0.1, 0.15) is 0 Å². The van der Waals surface area contributed by atoms with Crippen LogP contribution in [0.4, 0.5) is 0 Å². The summed E-state index contributed by atoms with van der Waals surface area (Å²) in [6, 6.07) is 4.41. The normalized spacial score (nSPS) is 16.4. The molecule has 2 aliphatic rings. The van der Waals surface area contributed by atoms with Gasteiger partial charge in [-0.15, -0.1) is 24.8 Å². The predicted octanol–water partition coefficient (Wildman–Crippen LogP) is 3.78. The molecule has 4 rings (SSSR count). The van der Waals surface area contributed by atoms with Crippen LogP contribution in [0.2, 0.25) is 0 Å². The summed E-state index contributed by atoms with van der Waals surface area (Å²) in [6.07, 6.45) is 1.86. The molecule has 6 nitrogen and oxygen atoms in total. The fourth-order valence-corrected chi connectivity index (χ4v) is 4.82. The molecule has 0 radical (unpaired) electrons. The number of likely N-dealkylation sites (N-methyl/N-ethyl adjacent to an activating group) is 1. The zero-order chi connectivity index (χ0) is 20.0. The molecule has 166 valence electrons. The van der Waals surface area contributed by atoms with Crippen LogP contribution in [-0.4, -0.2) is 46.9 Å². The van der Waals surface area contributed by atoms with Gasteiger partial charge in [-0.05, 0) is 54.3 Å². The van der Waals surface area contributed by atoms with E-state index in [1.165, 1.54) is 16.7 Å². The summed E-state index contributed by atoms with van der Waals surface area (Å²) in [7, 11) is 8.89. The number of hydrogen-bond donors (Lipinski definition) is 1. The van der Waals surface area contributed by atoms with Crippen LogP contribution in [0.15, 0.2) is 12.1 Å². The molecule has 0 saturated heterocycles. The summed E-state index contributed by atoms with van der Waals surface area (Å²) in [5.41, 5.74) is 13.2. The summed E-state index contributed by atoms with van der Waals surface area (Å²) in [5, 5.41) is 0. The van der Waals surface area contributed by atoms with Crippen molar-refractivity contribution in [2.45, 2.75) is 25.4 Å². The highest BCUT2D eigenvalue weighted by atomic mass is 35.5. The van der Waals surface area contributed by atoms with E-state index in [2.05, 4.69) is 24.1 Å². The minimum atomic E-state index is 0. The Morgan fingerprint density at radius 2 is 1.60 bits per heavy atom. The Labute approximate surface area is 190 Å². The summed E-state index contributed by atoms with van der Waals surface area (Å²) >= 11 is 0. The van der Waals surface area contributed by atoms with E-state index in [1.54, 1.807) is 28.4 Å². The summed E-state index contributed by atoms with van der Waals surface area (Å²) in [4.78, 5) is 2.41. The third-order valence-corrected chi connectivity index (χ3v) is 6.15. The maximum absolute atomic E-state index is 6.16. The van der Waals surface area contributed by atoms with Gasteiger partial charge in [-0.2, -0.15) is 0 Å². The smallest absolute Gasteiger partial charge is 0.169 e. The average molecular weight is 457 g/mol. The topological polar surface area (TPSA) is 66.2 Å². The minimum absolute atomic E-state index is 0. The van der Waals surface area contributed by atoms with Crippen LogP contribution in [-0.2, 0) is 19.4 Å². The first-order valence-electron chi connectivity index (χ1n) is 9.54. The van der Waals surface area contributed by atoms with Crippen LogP contribution in [0.1, 0.15) is 28.3 Å². The Hall–Kier alpha value is -1.86. The van der Waals surface area contributed by atoms with Crippen molar-refractivity contribution in [2.24, 2.45) is 5.73 Å². The van der Waals surface area contributed by atoms with Crippen LogP contribution >= 0.6 is 24.8 Å². The van der Waals surface area contributed by atoms with Crippen molar-refractivity contribution in [1.29, 1.82) is 0 Å². The van der Waals surface area contributed by atoms with Gasteiger partial charge in [0.25, 0.3) is 0 Å². The predicted molar refractivity (Wildman–Crippen MR) is 123 cm³/mol. The molecule has 1 aliphatic carbocycles. The van der Waals surface area contributed by atoms with Gasteiger partial charge in [0, 0.05) is 30.3 Å². The van der Waals surface area contributed by atoms with Gasteiger partial charge in [0.05, 0.1) is 28.4 Å². The highest BCUT2D eigenvalue weighted by molar-refractivity contribution is 5.86. The maximum Gasteiger partial charge on any atom is 0.169 e. The molecular weight excluding hydrogens is 427 g/mol. The Balaban J connectivity index is 0.00000160. The standard InChI is InChI=1S/C22H28N2O4.2ClH/c1-24-7-6-13-15(11-23)21(27-4)22(28-5)20-14-10-18(26-3)17(25-2)9-12(14)8-16(24)19(13)20;;/h9-10,16H,6-8,11,23H2,1-5H3;2*1H/t16-;;/m0../s1. The van der Waals surface area contributed by atoms with Crippen molar-refractivity contribution in [3.05, 3.63) is 34.4 Å². The molecule has 2 aromatic carbocycles. The van der Waals surface area contributed by atoms with Gasteiger partial charge in [-0.25, -0.2) is 0 Å². The number of methoxy groups -OCH3 is 4. The second kappa shape index (κ2) is 9.52. The largest absolute Gasteiger partial charge is 0.493 e. The molecule has 0 aromatic heterocycles. The lowest BCUT2D eigenvalue weighted by atomic mass is 9.75. The van der Waals surface area contributed by atoms with Gasteiger partial charge in [-0.1, -0.05) is 0 Å². The van der Waals surface area contributed by atoms with Crippen molar-refractivity contribution in [1.82, 2.24) is 4.90 Å². The summed E-state index contributed by atoms with van der Waals surface area (Å²) in [5.74, 6) is 2.94. The van der Waals surface area contributed by atoms with Crippen molar-refractivity contribution in [2.75, 3.05) is 42.0 Å². The highest BCUT2D eigenvalue weighted by Crippen LogP contribution is 2.55. The second-order valence-electron chi connectivity index (χ2n) is 7.33. The number of hydrogen-bond acceptors (Lipinski definition) is 6. The zero-order valence-electron chi connectivity index (χ0n) is 18.0. The quantitative estimate of drug-likeness (QED) is 0.738. The lowest BCUT2D eigenvalue weighted by Gasteiger charge is -2.41. The van der Waals surface area contributed by atoms with Gasteiger partial charge in [-0.3, -0.25) is 4.90 Å². The van der Waals surface area contributed by atoms with Gasteiger partial charge < -0.3 is 24.7 Å². The number of fused-ring (bicyclic) bond motifs is 2. The molecule has 1 atom stereocenters. The van der Waals surface area contributed by atoms with E-state index in [1.807, 2.05) is 0 Å². The van der Waals surface area contributed by atoms with Crippen LogP contribution in [0.3, 0.4) is 0 Å². The van der Waals surface area contributed by atoms with Crippen molar-refractivity contribution in [3.63, 3.8) is 0 Å². The monoisotopic (exact) mass is 456 g/mol. The maximum atomic E-state index is 6.16. The number of rotatable bonds is 5.